The summed E-state index contributed by atoms with van der Waals surface area (Å²) in [6.45, 7) is 3.49. The second kappa shape index (κ2) is 11.2. The van der Waals surface area contributed by atoms with Crippen molar-refractivity contribution in [1.82, 2.24) is 0 Å². The van der Waals surface area contributed by atoms with Gasteiger partial charge in [0.15, 0.2) is 6.29 Å². The second-order valence-corrected chi connectivity index (χ2v) is 11.8. The maximum atomic E-state index is 12.9. The number of benzene rings is 3. The van der Waals surface area contributed by atoms with Gasteiger partial charge in [0.05, 0.1) is 23.0 Å². The van der Waals surface area contributed by atoms with Gasteiger partial charge in [0.25, 0.3) is 20.2 Å². The fraction of sp³-hybridized carbons (Fsp3) is 0.308. The molecule has 1 saturated heterocycles. The first-order valence-corrected chi connectivity index (χ1v) is 14.2. The summed E-state index contributed by atoms with van der Waals surface area (Å²) in [5.41, 5.74) is 2.72. The third-order valence-electron chi connectivity index (χ3n) is 5.70. The van der Waals surface area contributed by atoms with Crippen molar-refractivity contribution in [3.8, 4) is 0 Å². The van der Waals surface area contributed by atoms with E-state index >= 15 is 0 Å². The lowest BCUT2D eigenvalue weighted by atomic mass is 10.2. The maximum Gasteiger partial charge on any atom is 0.297 e. The minimum Gasteiger partial charge on any atom is -0.348 e. The van der Waals surface area contributed by atoms with Gasteiger partial charge in [0.2, 0.25) is 0 Å². The zero-order valence-corrected chi connectivity index (χ0v) is 21.6. The third kappa shape index (κ3) is 6.78. The molecule has 1 fully saturated rings. The molecule has 1 aliphatic rings. The summed E-state index contributed by atoms with van der Waals surface area (Å²) in [5.74, 6) is 0. The Labute approximate surface area is 212 Å². The van der Waals surface area contributed by atoms with E-state index in [1.54, 1.807) is 24.3 Å². The van der Waals surface area contributed by atoms with E-state index in [2.05, 4.69) is 0 Å². The van der Waals surface area contributed by atoms with Gasteiger partial charge in [0, 0.05) is 6.42 Å². The quantitative estimate of drug-likeness (QED) is 0.359. The predicted octanol–water partition coefficient (Wildman–Crippen LogP) is 4.11. The smallest absolute Gasteiger partial charge is 0.297 e. The summed E-state index contributed by atoms with van der Waals surface area (Å²) in [7, 11) is -8.22. The van der Waals surface area contributed by atoms with E-state index in [0.29, 0.717) is 0 Å². The minimum atomic E-state index is -4.14. The highest BCUT2D eigenvalue weighted by molar-refractivity contribution is 7.87. The third-order valence-corrected chi connectivity index (χ3v) is 8.35. The molecule has 3 aromatic rings. The molecule has 8 nitrogen and oxygen atoms in total. The number of aryl methyl sites for hydroxylation is 2. The van der Waals surface area contributed by atoms with Gasteiger partial charge in [-0.3, -0.25) is 8.37 Å². The van der Waals surface area contributed by atoms with Crippen molar-refractivity contribution in [3.05, 3.63) is 95.6 Å². The van der Waals surface area contributed by atoms with Crippen LogP contribution in [-0.4, -0.2) is 41.9 Å². The Kier molecular flexibility index (Phi) is 8.23. The molecule has 0 radical (unpaired) electrons. The van der Waals surface area contributed by atoms with Gasteiger partial charge in [-0.2, -0.15) is 16.8 Å². The molecule has 0 amide bonds. The van der Waals surface area contributed by atoms with Gasteiger partial charge in [-0.25, -0.2) is 0 Å². The number of hydrogen-bond donors (Lipinski definition) is 0. The topological polar surface area (TPSA) is 105 Å². The van der Waals surface area contributed by atoms with Crippen LogP contribution in [0.3, 0.4) is 0 Å². The van der Waals surface area contributed by atoms with Crippen molar-refractivity contribution in [1.29, 1.82) is 0 Å². The van der Waals surface area contributed by atoms with Crippen molar-refractivity contribution in [2.24, 2.45) is 0 Å². The van der Waals surface area contributed by atoms with Crippen molar-refractivity contribution < 1.29 is 34.7 Å². The first kappa shape index (κ1) is 26.5. The average molecular weight is 533 g/mol. The lowest BCUT2D eigenvalue weighted by Gasteiger charge is -2.18. The molecule has 192 valence electrons. The van der Waals surface area contributed by atoms with Crippen LogP contribution in [0.4, 0.5) is 0 Å². The molecular weight excluding hydrogens is 504 g/mol. The van der Waals surface area contributed by atoms with Crippen molar-refractivity contribution in [2.45, 2.75) is 55.2 Å². The molecule has 10 heteroatoms. The Bertz CT molecular complexity index is 1350. The summed E-state index contributed by atoms with van der Waals surface area (Å²) in [4.78, 5) is -0.0126. The van der Waals surface area contributed by atoms with Gasteiger partial charge in [-0.1, -0.05) is 65.7 Å². The first-order chi connectivity index (χ1) is 17.1. The van der Waals surface area contributed by atoms with Crippen molar-refractivity contribution >= 4 is 20.2 Å². The number of ether oxygens (including phenoxy) is 2. The fourth-order valence-electron chi connectivity index (χ4n) is 3.65. The van der Waals surface area contributed by atoms with Gasteiger partial charge in [-0.15, -0.1) is 0 Å². The van der Waals surface area contributed by atoms with E-state index in [4.69, 9.17) is 17.8 Å². The molecule has 0 saturated carbocycles. The zero-order chi connectivity index (χ0) is 25.8. The van der Waals surface area contributed by atoms with E-state index in [-0.39, 0.29) is 22.8 Å². The lowest BCUT2D eigenvalue weighted by Crippen LogP contribution is -2.32. The van der Waals surface area contributed by atoms with Gasteiger partial charge in [-0.05, 0) is 43.7 Å². The van der Waals surface area contributed by atoms with Crippen LogP contribution in [0.15, 0.2) is 88.7 Å². The molecule has 36 heavy (non-hydrogen) atoms. The normalized spacial score (nSPS) is 20.4. The van der Waals surface area contributed by atoms with Crippen LogP contribution in [0.25, 0.3) is 0 Å². The van der Waals surface area contributed by atoms with Crippen LogP contribution in [0.5, 0.6) is 0 Å². The predicted molar refractivity (Wildman–Crippen MR) is 132 cm³/mol. The maximum absolute atomic E-state index is 12.9. The summed E-state index contributed by atoms with van der Waals surface area (Å²) in [5, 5.41) is 0. The number of rotatable bonds is 10. The van der Waals surface area contributed by atoms with E-state index < -0.39 is 45.3 Å². The number of hydrogen-bond acceptors (Lipinski definition) is 8. The highest BCUT2D eigenvalue weighted by atomic mass is 32.2. The van der Waals surface area contributed by atoms with E-state index in [1.165, 1.54) is 24.3 Å². The van der Waals surface area contributed by atoms with Crippen LogP contribution >= 0.6 is 0 Å². The highest BCUT2D eigenvalue weighted by Crippen LogP contribution is 2.29. The lowest BCUT2D eigenvalue weighted by molar-refractivity contribution is -0.147. The first-order valence-electron chi connectivity index (χ1n) is 11.4. The standard InChI is InChI=1S/C26H28O8S2/c1-19-8-12-22(13-9-19)35(27,28)32-18-25-24(34-36(29,30)23-14-10-20(2)11-15-23)16-26(33-25)31-17-21-6-4-3-5-7-21/h3-15,24-26H,16-18H2,1-2H3/t24-,25+,26?/m0/s1. The largest absolute Gasteiger partial charge is 0.348 e. The molecular formula is C26H28O8S2. The van der Waals surface area contributed by atoms with E-state index in [1.807, 2.05) is 44.2 Å². The molecule has 0 bridgehead atoms. The molecule has 1 heterocycles. The fourth-order valence-corrected chi connectivity index (χ4v) is 5.68. The molecule has 0 spiro atoms. The van der Waals surface area contributed by atoms with Gasteiger partial charge >= 0.3 is 0 Å². The van der Waals surface area contributed by atoms with Crippen molar-refractivity contribution in [2.75, 3.05) is 6.61 Å². The minimum absolute atomic E-state index is 0.00583. The van der Waals surface area contributed by atoms with Crippen LogP contribution < -0.4 is 0 Å². The molecule has 1 unspecified atom stereocenters. The van der Waals surface area contributed by atoms with Crippen LogP contribution in [-0.2, 0) is 44.7 Å². The average Bonchev–Trinajstić information content (AvgIpc) is 3.23. The van der Waals surface area contributed by atoms with Crippen LogP contribution in [0.2, 0.25) is 0 Å². The Hall–Kier alpha value is -2.60. The van der Waals surface area contributed by atoms with Gasteiger partial charge < -0.3 is 9.47 Å². The van der Waals surface area contributed by atoms with Crippen molar-refractivity contribution in [3.63, 3.8) is 0 Å². The monoisotopic (exact) mass is 532 g/mol. The highest BCUT2D eigenvalue weighted by Gasteiger charge is 2.41. The molecule has 3 aromatic carbocycles. The zero-order valence-electron chi connectivity index (χ0n) is 19.9. The Morgan fingerprint density at radius 3 is 1.92 bits per heavy atom. The van der Waals surface area contributed by atoms with Gasteiger partial charge in [0.1, 0.15) is 12.2 Å². The molecule has 1 aliphatic heterocycles. The summed E-state index contributed by atoms with van der Waals surface area (Å²) >= 11 is 0. The SMILES string of the molecule is Cc1ccc(S(=O)(=O)OC[C@H]2OC(OCc3ccccc3)C[C@@H]2OS(=O)(=O)c2ccc(C)cc2)cc1. The molecule has 3 atom stereocenters. The Balaban J connectivity index is 1.48. The summed E-state index contributed by atoms with van der Waals surface area (Å²) in [6.07, 6.45) is -2.73. The van der Waals surface area contributed by atoms with E-state index in [9.17, 15) is 16.8 Å². The summed E-state index contributed by atoms with van der Waals surface area (Å²) < 4.78 is 73.5. The van der Waals surface area contributed by atoms with Crippen LogP contribution in [0, 0.1) is 13.8 Å². The molecule has 4 rings (SSSR count). The Morgan fingerprint density at radius 1 is 0.778 bits per heavy atom. The van der Waals surface area contributed by atoms with Crippen LogP contribution in [0.1, 0.15) is 23.1 Å². The molecule has 0 aliphatic carbocycles. The molecule has 0 aromatic heterocycles. The Morgan fingerprint density at radius 2 is 1.33 bits per heavy atom. The molecule has 0 N–H and O–H groups in total. The summed E-state index contributed by atoms with van der Waals surface area (Å²) in [6, 6.07) is 21.9. The second-order valence-electron chi connectivity index (χ2n) is 8.59. The van der Waals surface area contributed by atoms with E-state index in [0.717, 1.165) is 16.7 Å².